The van der Waals surface area contributed by atoms with Gasteiger partial charge in [-0.25, -0.2) is 0 Å². The van der Waals surface area contributed by atoms with Crippen LogP contribution in [-0.4, -0.2) is 0 Å². The van der Waals surface area contributed by atoms with Crippen LogP contribution in [0.5, 0.6) is 11.5 Å². The van der Waals surface area contributed by atoms with Gasteiger partial charge in [-0.05, 0) is 53.8 Å². The molecule has 2 heteroatoms. The topological polar surface area (TPSA) is 35.2 Å². The Morgan fingerprint density at radius 1 is 0.826 bits per heavy atom. The Bertz CT molecular complexity index is 750. The average Bonchev–Trinajstić information content (AvgIpc) is 2.58. The second-order valence-electron chi connectivity index (χ2n) is 5.80. The molecule has 2 N–H and O–H groups in total. The Morgan fingerprint density at radius 2 is 1.48 bits per heavy atom. The summed E-state index contributed by atoms with van der Waals surface area (Å²) in [5.41, 5.74) is 9.02. The van der Waals surface area contributed by atoms with E-state index in [4.69, 9.17) is 10.5 Å². The van der Waals surface area contributed by atoms with Crippen molar-refractivity contribution in [3.8, 4) is 11.5 Å². The summed E-state index contributed by atoms with van der Waals surface area (Å²) in [6.07, 6.45) is 0.989. The van der Waals surface area contributed by atoms with E-state index >= 15 is 0 Å². The first-order chi connectivity index (χ1) is 11.2. The number of nitrogen functional groups attached to an aromatic ring is 1. The molecular weight excluding hydrogens is 282 g/mol. The second-order valence-corrected chi connectivity index (χ2v) is 5.80. The van der Waals surface area contributed by atoms with Crippen molar-refractivity contribution in [2.75, 3.05) is 5.73 Å². The number of para-hydroxylation sites is 1. The summed E-state index contributed by atoms with van der Waals surface area (Å²) in [5, 5.41) is 0. The Kier molecular flexibility index (Phi) is 4.62. The largest absolute Gasteiger partial charge is 0.457 e. The molecule has 116 valence electrons. The van der Waals surface area contributed by atoms with Gasteiger partial charge < -0.3 is 10.5 Å². The Morgan fingerprint density at radius 3 is 2.22 bits per heavy atom. The highest BCUT2D eigenvalue weighted by Crippen LogP contribution is 2.32. The van der Waals surface area contributed by atoms with Crippen LogP contribution in [0, 0.1) is 0 Å². The lowest BCUT2D eigenvalue weighted by Crippen LogP contribution is -2.01. The zero-order chi connectivity index (χ0) is 16.1. The number of rotatable bonds is 5. The molecule has 0 saturated carbocycles. The maximum Gasteiger partial charge on any atom is 0.130 e. The van der Waals surface area contributed by atoms with Crippen LogP contribution in [0.15, 0.2) is 78.9 Å². The fourth-order valence-corrected chi connectivity index (χ4v) is 2.72. The number of benzene rings is 3. The Hall–Kier alpha value is -2.74. The molecule has 23 heavy (non-hydrogen) atoms. The van der Waals surface area contributed by atoms with Gasteiger partial charge in [-0.1, -0.05) is 55.5 Å². The first kappa shape index (κ1) is 15.2. The number of nitrogens with two attached hydrogens (primary N) is 1. The predicted molar refractivity (Wildman–Crippen MR) is 95.9 cm³/mol. The quantitative estimate of drug-likeness (QED) is 0.640. The van der Waals surface area contributed by atoms with Crippen molar-refractivity contribution in [1.82, 2.24) is 0 Å². The Balaban J connectivity index is 1.81. The molecule has 0 aliphatic heterocycles. The summed E-state index contributed by atoms with van der Waals surface area (Å²) in [4.78, 5) is 0. The summed E-state index contributed by atoms with van der Waals surface area (Å²) in [5.74, 6) is 2.08. The van der Waals surface area contributed by atoms with Crippen molar-refractivity contribution in [1.29, 1.82) is 0 Å². The summed E-state index contributed by atoms with van der Waals surface area (Å²) >= 11 is 0. The first-order valence-electron chi connectivity index (χ1n) is 7.88. The highest BCUT2D eigenvalue weighted by molar-refractivity contribution is 5.45. The monoisotopic (exact) mass is 303 g/mol. The molecule has 0 amide bonds. The van der Waals surface area contributed by atoms with Crippen molar-refractivity contribution in [2.24, 2.45) is 0 Å². The van der Waals surface area contributed by atoms with Crippen LogP contribution in [-0.2, 0) is 6.42 Å². The van der Waals surface area contributed by atoms with E-state index in [-0.39, 0.29) is 0 Å². The van der Waals surface area contributed by atoms with E-state index in [9.17, 15) is 0 Å². The van der Waals surface area contributed by atoms with E-state index in [1.807, 2.05) is 42.5 Å². The van der Waals surface area contributed by atoms with Gasteiger partial charge in [0.2, 0.25) is 0 Å². The molecule has 1 atom stereocenters. The highest BCUT2D eigenvalue weighted by Gasteiger charge is 2.12. The van der Waals surface area contributed by atoms with Crippen molar-refractivity contribution in [3.63, 3.8) is 0 Å². The summed E-state index contributed by atoms with van der Waals surface area (Å²) in [7, 11) is 0. The smallest absolute Gasteiger partial charge is 0.130 e. The van der Waals surface area contributed by atoms with Crippen molar-refractivity contribution < 1.29 is 4.74 Å². The predicted octanol–water partition coefficient (Wildman–Crippen LogP) is 5.41. The lowest BCUT2D eigenvalue weighted by molar-refractivity contribution is 0.471. The minimum absolute atomic E-state index is 0.377. The molecule has 0 heterocycles. The van der Waals surface area contributed by atoms with E-state index in [1.54, 1.807) is 0 Å². The van der Waals surface area contributed by atoms with Crippen LogP contribution < -0.4 is 10.5 Å². The number of anilines is 1. The van der Waals surface area contributed by atoms with E-state index in [0.717, 1.165) is 23.6 Å². The van der Waals surface area contributed by atoms with Gasteiger partial charge in [-0.15, -0.1) is 0 Å². The van der Waals surface area contributed by atoms with Gasteiger partial charge in [0.25, 0.3) is 0 Å². The van der Waals surface area contributed by atoms with E-state index in [1.165, 1.54) is 11.1 Å². The minimum Gasteiger partial charge on any atom is -0.457 e. The number of ether oxygens (including phenoxy) is 1. The first-order valence-corrected chi connectivity index (χ1v) is 7.88. The zero-order valence-corrected chi connectivity index (χ0v) is 13.3. The molecule has 0 aliphatic carbocycles. The third-order valence-corrected chi connectivity index (χ3v) is 3.94. The normalized spacial score (nSPS) is 11.9. The molecule has 2 nitrogen and oxygen atoms in total. The van der Waals surface area contributed by atoms with Crippen molar-refractivity contribution in [3.05, 3.63) is 90.0 Å². The third kappa shape index (κ3) is 3.92. The molecule has 1 unspecified atom stereocenters. The van der Waals surface area contributed by atoms with Crippen molar-refractivity contribution in [2.45, 2.75) is 19.3 Å². The second kappa shape index (κ2) is 7.01. The summed E-state index contributed by atoms with van der Waals surface area (Å²) in [6, 6.07) is 26.3. The number of hydrogen-bond donors (Lipinski definition) is 1. The van der Waals surface area contributed by atoms with Crippen LogP contribution >= 0.6 is 0 Å². The van der Waals surface area contributed by atoms with Gasteiger partial charge in [0.05, 0.1) is 0 Å². The fraction of sp³-hybridized carbons (Fsp3) is 0.143. The maximum atomic E-state index is 6.07. The molecule has 0 fully saturated rings. The molecule has 0 bridgehead atoms. The van der Waals surface area contributed by atoms with Crippen LogP contribution in [0.25, 0.3) is 0 Å². The zero-order valence-electron chi connectivity index (χ0n) is 13.3. The lowest BCUT2D eigenvalue weighted by Gasteiger charge is -2.17. The summed E-state index contributed by atoms with van der Waals surface area (Å²) < 4.78 is 6.07. The molecule has 0 aliphatic rings. The lowest BCUT2D eigenvalue weighted by atomic mass is 9.93. The van der Waals surface area contributed by atoms with E-state index in [0.29, 0.717) is 5.92 Å². The molecule has 0 saturated heterocycles. The maximum absolute atomic E-state index is 6.07. The van der Waals surface area contributed by atoms with Crippen LogP contribution in [0.4, 0.5) is 5.69 Å². The Labute approximate surface area is 137 Å². The standard InChI is InChI=1S/C21H21NO/c1-16(15-17-7-3-2-4-8-17)20-9-5-6-10-21(20)23-19-13-11-18(22)12-14-19/h2-14,16H,15,22H2,1H3. The molecule has 0 aromatic heterocycles. The van der Waals surface area contributed by atoms with Gasteiger partial charge in [0.1, 0.15) is 11.5 Å². The molecule has 0 radical (unpaired) electrons. The fourth-order valence-electron chi connectivity index (χ4n) is 2.72. The van der Waals surface area contributed by atoms with Gasteiger partial charge in [-0.3, -0.25) is 0 Å². The molecule has 3 aromatic rings. The average molecular weight is 303 g/mol. The highest BCUT2D eigenvalue weighted by atomic mass is 16.5. The van der Waals surface area contributed by atoms with E-state index < -0.39 is 0 Å². The molecule has 0 spiro atoms. The third-order valence-electron chi connectivity index (χ3n) is 3.94. The molecular formula is C21H21NO. The SMILES string of the molecule is CC(Cc1ccccc1)c1ccccc1Oc1ccc(N)cc1. The van der Waals surface area contributed by atoms with Crippen LogP contribution in [0.2, 0.25) is 0 Å². The van der Waals surface area contributed by atoms with Gasteiger partial charge in [0.15, 0.2) is 0 Å². The van der Waals surface area contributed by atoms with Gasteiger partial charge in [0, 0.05) is 5.69 Å². The minimum atomic E-state index is 0.377. The molecule has 3 rings (SSSR count). The van der Waals surface area contributed by atoms with Crippen molar-refractivity contribution >= 4 is 5.69 Å². The van der Waals surface area contributed by atoms with Crippen LogP contribution in [0.1, 0.15) is 24.0 Å². The summed E-state index contributed by atoms with van der Waals surface area (Å²) in [6.45, 7) is 2.23. The van der Waals surface area contributed by atoms with Gasteiger partial charge in [-0.2, -0.15) is 0 Å². The molecule has 3 aromatic carbocycles. The van der Waals surface area contributed by atoms with E-state index in [2.05, 4.69) is 43.3 Å². The van der Waals surface area contributed by atoms with Gasteiger partial charge >= 0.3 is 0 Å². The van der Waals surface area contributed by atoms with Crippen LogP contribution in [0.3, 0.4) is 0 Å². The number of hydrogen-bond acceptors (Lipinski definition) is 2.